The second-order valence-electron chi connectivity index (χ2n) is 4.70. The highest BCUT2D eigenvalue weighted by Gasteiger charge is 2.30. The van der Waals surface area contributed by atoms with Crippen LogP contribution in [0.5, 0.6) is 0 Å². The van der Waals surface area contributed by atoms with Gasteiger partial charge in [-0.3, -0.25) is 15.0 Å². The van der Waals surface area contributed by atoms with Gasteiger partial charge in [-0.25, -0.2) is 5.84 Å². The summed E-state index contributed by atoms with van der Waals surface area (Å²) in [6.45, 7) is 3.59. The zero-order valence-corrected chi connectivity index (χ0v) is 9.83. The molecule has 90 valence electrons. The molecule has 1 aromatic rings. The number of carbonyl (C=O) groups is 2. The van der Waals surface area contributed by atoms with Crippen LogP contribution in [0.15, 0.2) is 18.2 Å². The summed E-state index contributed by atoms with van der Waals surface area (Å²) < 4.78 is 0. The molecule has 1 aliphatic heterocycles. The molecule has 0 radical (unpaired) electrons. The number of nitrogens with two attached hydrogens (primary N) is 1. The third-order valence-electron chi connectivity index (χ3n) is 3.15. The highest BCUT2D eigenvalue weighted by molar-refractivity contribution is 5.99. The highest BCUT2D eigenvalue weighted by Crippen LogP contribution is 2.30. The summed E-state index contributed by atoms with van der Waals surface area (Å²) in [5.74, 6) is 4.89. The molecule has 5 nitrogen and oxygen atoms in total. The molecule has 0 saturated heterocycles. The molecule has 0 unspecified atom stereocenters. The topological polar surface area (TPSA) is 84.2 Å². The van der Waals surface area contributed by atoms with Gasteiger partial charge in [-0.1, -0.05) is 12.1 Å². The Kier molecular flexibility index (Phi) is 2.63. The van der Waals surface area contributed by atoms with Crippen LogP contribution in [-0.2, 0) is 21.4 Å². The Hall–Kier alpha value is -1.88. The summed E-state index contributed by atoms with van der Waals surface area (Å²) in [7, 11) is 0. The molecule has 2 rings (SSSR count). The van der Waals surface area contributed by atoms with Crippen molar-refractivity contribution in [3.8, 4) is 0 Å². The fourth-order valence-electron chi connectivity index (χ4n) is 1.93. The van der Waals surface area contributed by atoms with E-state index in [-0.39, 0.29) is 11.8 Å². The molecular formula is C12H15N3O2. The van der Waals surface area contributed by atoms with Gasteiger partial charge < -0.3 is 5.32 Å². The number of amides is 2. The van der Waals surface area contributed by atoms with Gasteiger partial charge in [-0.15, -0.1) is 0 Å². The number of nitrogens with one attached hydrogen (secondary N) is 2. The molecule has 0 spiro atoms. The lowest BCUT2D eigenvalue weighted by atomic mass is 9.83. The van der Waals surface area contributed by atoms with Crippen molar-refractivity contribution in [2.24, 2.45) is 5.84 Å². The summed E-state index contributed by atoms with van der Waals surface area (Å²) in [5.41, 5.74) is 4.03. The number of fused-ring (bicyclic) bond motifs is 1. The molecule has 1 aromatic carbocycles. The summed E-state index contributed by atoms with van der Waals surface area (Å²) in [5, 5.41) is 2.76. The van der Waals surface area contributed by atoms with Gasteiger partial charge >= 0.3 is 0 Å². The lowest BCUT2D eigenvalue weighted by molar-refractivity contribution is -0.125. The summed E-state index contributed by atoms with van der Waals surface area (Å²) in [6.07, 6.45) is 0.365. The van der Waals surface area contributed by atoms with E-state index in [2.05, 4.69) is 10.7 Å². The second kappa shape index (κ2) is 3.85. The third-order valence-corrected chi connectivity index (χ3v) is 3.15. The van der Waals surface area contributed by atoms with E-state index in [0.717, 1.165) is 16.8 Å². The molecule has 0 bridgehead atoms. The van der Waals surface area contributed by atoms with E-state index in [4.69, 9.17) is 5.84 Å². The largest absolute Gasteiger partial charge is 0.326 e. The van der Waals surface area contributed by atoms with Crippen molar-refractivity contribution in [2.75, 3.05) is 5.32 Å². The number of hydrogen-bond acceptors (Lipinski definition) is 3. The number of rotatable bonds is 2. The first-order valence-electron chi connectivity index (χ1n) is 5.39. The van der Waals surface area contributed by atoms with Crippen molar-refractivity contribution in [1.29, 1.82) is 0 Å². The first-order chi connectivity index (χ1) is 7.95. The normalized spacial score (nSPS) is 14.2. The first kappa shape index (κ1) is 11.6. The van der Waals surface area contributed by atoms with Crippen molar-refractivity contribution in [1.82, 2.24) is 5.43 Å². The van der Waals surface area contributed by atoms with Crippen molar-refractivity contribution in [3.63, 3.8) is 0 Å². The molecule has 1 aliphatic rings. The molecule has 4 N–H and O–H groups in total. The molecule has 0 saturated carbocycles. The fraction of sp³-hybridized carbons (Fsp3) is 0.333. The number of anilines is 1. The molecule has 0 aliphatic carbocycles. The van der Waals surface area contributed by atoms with E-state index in [9.17, 15) is 9.59 Å². The van der Waals surface area contributed by atoms with Crippen LogP contribution in [0.3, 0.4) is 0 Å². The minimum absolute atomic E-state index is 0.0155. The maximum absolute atomic E-state index is 11.7. The van der Waals surface area contributed by atoms with Crippen molar-refractivity contribution >= 4 is 17.5 Å². The summed E-state index contributed by atoms with van der Waals surface area (Å²) in [4.78, 5) is 22.9. The van der Waals surface area contributed by atoms with E-state index in [1.165, 1.54) is 0 Å². The molecule has 0 fully saturated rings. The van der Waals surface area contributed by atoms with Gasteiger partial charge in [0.05, 0.1) is 11.8 Å². The Bertz CT molecular complexity index is 495. The SMILES string of the molecule is CC(C)(C(=O)NN)c1ccc2c(c1)CC(=O)N2. The molecule has 0 aromatic heterocycles. The van der Waals surface area contributed by atoms with E-state index in [0.29, 0.717) is 6.42 Å². The standard InChI is InChI=1S/C12H15N3O2/c1-12(2,11(17)15-13)8-3-4-9-7(5-8)6-10(16)14-9/h3-5H,6,13H2,1-2H3,(H,14,16)(H,15,17). The average molecular weight is 233 g/mol. The van der Waals surface area contributed by atoms with Gasteiger partial charge in [0.15, 0.2) is 0 Å². The molecule has 2 amide bonds. The lowest BCUT2D eigenvalue weighted by Crippen LogP contribution is -2.43. The van der Waals surface area contributed by atoms with Crippen LogP contribution in [0.1, 0.15) is 25.0 Å². The van der Waals surface area contributed by atoms with Crippen LogP contribution in [0.2, 0.25) is 0 Å². The summed E-state index contributed by atoms with van der Waals surface area (Å²) in [6, 6.07) is 5.53. The van der Waals surface area contributed by atoms with Gasteiger partial charge in [0.25, 0.3) is 0 Å². The van der Waals surface area contributed by atoms with Crippen LogP contribution < -0.4 is 16.6 Å². The Morgan fingerprint density at radius 1 is 1.47 bits per heavy atom. The lowest BCUT2D eigenvalue weighted by Gasteiger charge is -2.23. The Morgan fingerprint density at radius 3 is 2.82 bits per heavy atom. The first-order valence-corrected chi connectivity index (χ1v) is 5.39. The Labute approximate surface area is 99.3 Å². The van der Waals surface area contributed by atoms with Crippen LogP contribution in [0.4, 0.5) is 5.69 Å². The Morgan fingerprint density at radius 2 is 2.18 bits per heavy atom. The predicted octanol–water partition coefficient (Wildman–Crippen LogP) is 0.449. The van der Waals surface area contributed by atoms with E-state index >= 15 is 0 Å². The second-order valence-corrected chi connectivity index (χ2v) is 4.70. The van der Waals surface area contributed by atoms with Crippen LogP contribution in [0, 0.1) is 0 Å². The average Bonchev–Trinajstić information content (AvgIpc) is 2.66. The van der Waals surface area contributed by atoms with Gasteiger partial charge in [0.1, 0.15) is 0 Å². The van der Waals surface area contributed by atoms with Crippen LogP contribution in [0.25, 0.3) is 0 Å². The van der Waals surface area contributed by atoms with E-state index in [1.807, 2.05) is 18.2 Å². The maximum Gasteiger partial charge on any atom is 0.243 e. The minimum atomic E-state index is -0.713. The highest BCUT2D eigenvalue weighted by atomic mass is 16.2. The number of benzene rings is 1. The van der Waals surface area contributed by atoms with E-state index in [1.54, 1.807) is 13.8 Å². The van der Waals surface area contributed by atoms with Crippen molar-refractivity contribution in [2.45, 2.75) is 25.7 Å². The monoisotopic (exact) mass is 233 g/mol. The van der Waals surface area contributed by atoms with Gasteiger partial charge in [-0.05, 0) is 31.0 Å². The van der Waals surface area contributed by atoms with Gasteiger partial charge in [0.2, 0.25) is 11.8 Å². The fourth-order valence-corrected chi connectivity index (χ4v) is 1.93. The van der Waals surface area contributed by atoms with Crippen LogP contribution >= 0.6 is 0 Å². The predicted molar refractivity (Wildman–Crippen MR) is 64.1 cm³/mol. The number of carbonyl (C=O) groups excluding carboxylic acids is 2. The van der Waals surface area contributed by atoms with Gasteiger partial charge in [-0.2, -0.15) is 0 Å². The molecule has 1 heterocycles. The van der Waals surface area contributed by atoms with E-state index < -0.39 is 5.41 Å². The van der Waals surface area contributed by atoms with Gasteiger partial charge in [0, 0.05) is 5.69 Å². The quantitative estimate of drug-likeness (QED) is 0.394. The minimum Gasteiger partial charge on any atom is -0.326 e. The number of hydrogen-bond donors (Lipinski definition) is 3. The van der Waals surface area contributed by atoms with Crippen molar-refractivity contribution < 1.29 is 9.59 Å². The molecular weight excluding hydrogens is 218 g/mol. The third kappa shape index (κ3) is 1.89. The smallest absolute Gasteiger partial charge is 0.243 e. The molecule has 5 heteroatoms. The zero-order chi connectivity index (χ0) is 12.6. The molecule has 0 atom stereocenters. The van der Waals surface area contributed by atoms with Crippen molar-refractivity contribution in [3.05, 3.63) is 29.3 Å². The number of hydrazine groups is 1. The zero-order valence-electron chi connectivity index (χ0n) is 9.83. The Balaban J connectivity index is 2.39. The summed E-state index contributed by atoms with van der Waals surface area (Å²) >= 11 is 0. The molecule has 17 heavy (non-hydrogen) atoms. The maximum atomic E-state index is 11.7. The van der Waals surface area contributed by atoms with Crippen LogP contribution in [-0.4, -0.2) is 11.8 Å².